The molecule has 1 saturated carbocycles. The molecule has 0 radical (unpaired) electrons. The third-order valence-electron chi connectivity index (χ3n) is 5.14. The van der Waals surface area contributed by atoms with Crippen LogP contribution in [0.15, 0.2) is 36.8 Å². The molecule has 4 rings (SSSR count). The summed E-state index contributed by atoms with van der Waals surface area (Å²) in [5.41, 5.74) is 0.602. The van der Waals surface area contributed by atoms with Crippen molar-refractivity contribution in [3.63, 3.8) is 0 Å². The van der Waals surface area contributed by atoms with Crippen LogP contribution in [0, 0.1) is 0 Å². The Kier molecular flexibility index (Phi) is 4.40. The molecule has 2 N–H and O–H groups in total. The van der Waals surface area contributed by atoms with E-state index in [-0.39, 0.29) is 18.0 Å². The molecule has 0 spiro atoms. The fourth-order valence-electron chi connectivity index (χ4n) is 3.75. The summed E-state index contributed by atoms with van der Waals surface area (Å²) in [6, 6.07) is 5.10. The number of carbonyl (C=O) groups excluding carboxylic acids is 1. The fraction of sp³-hybridized carbons (Fsp3) is 0.500. The molecule has 0 unspecified atom stereocenters. The molecule has 132 valence electrons. The SMILES string of the molecule is O=C(N[C@H]1C[C@@H](O)[C@@H]1n1cccn1)c1cccnc1N1CCCCC1. The normalized spacial score (nSPS) is 26.1. The highest BCUT2D eigenvalue weighted by Gasteiger charge is 2.43. The number of aliphatic hydroxyl groups is 1. The minimum Gasteiger partial charge on any atom is -0.391 e. The molecule has 1 aliphatic carbocycles. The molecule has 3 atom stereocenters. The van der Waals surface area contributed by atoms with Gasteiger partial charge >= 0.3 is 0 Å². The monoisotopic (exact) mass is 341 g/mol. The number of carbonyl (C=O) groups is 1. The highest BCUT2D eigenvalue weighted by molar-refractivity contribution is 5.99. The second-order valence-electron chi connectivity index (χ2n) is 6.78. The zero-order valence-corrected chi connectivity index (χ0v) is 14.1. The molecule has 1 aliphatic heterocycles. The molecule has 25 heavy (non-hydrogen) atoms. The van der Waals surface area contributed by atoms with Crippen LogP contribution in [0.1, 0.15) is 42.1 Å². The first-order valence-electron chi connectivity index (χ1n) is 8.92. The van der Waals surface area contributed by atoms with Gasteiger partial charge in [0.1, 0.15) is 5.82 Å². The van der Waals surface area contributed by atoms with Gasteiger partial charge in [-0.1, -0.05) is 0 Å². The minimum atomic E-state index is -0.485. The Hall–Kier alpha value is -2.41. The van der Waals surface area contributed by atoms with Gasteiger partial charge in [-0.2, -0.15) is 5.10 Å². The lowest BCUT2D eigenvalue weighted by Crippen LogP contribution is -2.56. The van der Waals surface area contributed by atoms with Crippen LogP contribution in [0.2, 0.25) is 0 Å². The summed E-state index contributed by atoms with van der Waals surface area (Å²) in [5.74, 6) is 0.623. The molecule has 2 aromatic heterocycles. The molecular weight excluding hydrogens is 318 g/mol. The van der Waals surface area contributed by atoms with Crippen molar-refractivity contribution in [1.29, 1.82) is 0 Å². The highest BCUT2D eigenvalue weighted by Crippen LogP contribution is 2.33. The Morgan fingerprint density at radius 1 is 1.20 bits per heavy atom. The van der Waals surface area contributed by atoms with Gasteiger partial charge < -0.3 is 15.3 Å². The first-order chi connectivity index (χ1) is 12.2. The van der Waals surface area contributed by atoms with Crippen molar-refractivity contribution in [1.82, 2.24) is 20.1 Å². The maximum atomic E-state index is 12.8. The van der Waals surface area contributed by atoms with Gasteiger partial charge in [0.15, 0.2) is 0 Å². The van der Waals surface area contributed by atoms with Crippen molar-refractivity contribution in [2.24, 2.45) is 0 Å². The maximum absolute atomic E-state index is 12.8. The lowest BCUT2D eigenvalue weighted by atomic mass is 9.83. The van der Waals surface area contributed by atoms with Gasteiger partial charge in [0, 0.05) is 31.7 Å². The summed E-state index contributed by atoms with van der Waals surface area (Å²) in [5, 5.41) is 17.3. The quantitative estimate of drug-likeness (QED) is 0.878. The number of nitrogens with one attached hydrogen (secondary N) is 1. The summed E-state index contributed by atoms with van der Waals surface area (Å²) >= 11 is 0. The average Bonchev–Trinajstić information content (AvgIpc) is 3.15. The van der Waals surface area contributed by atoms with E-state index in [4.69, 9.17) is 0 Å². The lowest BCUT2D eigenvalue weighted by molar-refractivity contribution is -0.00587. The summed E-state index contributed by atoms with van der Waals surface area (Å²) in [4.78, 5) is 19.5. The Labute approximate surface area is 146 Å². The average molecular weight is 341 g/mol. The van der Waals surface area contributed by atoms with Crippen LogP contribution < -0.4 is 10.2 Å². The zero-order chi connectivity index (χ0) is 17.2. The number of hydrogen-bond donors (Lipinski definition) is 2. The van der Waals surface area contributed by atoms with Gasteiger partial charge in [-0.3, -0.25) is 9.48 Å². The standard InChI is InChI=1S/C18H23N5O2/c24-15-12-14(16(15)23-11-5-8-20-23)21-18(25)13-6-4-7-19-17(13)22-9-2-1-3-10-22/h4-8,11,14-16,24H,1-3,9-10,12H2,(H,21,25)/t14-,15+,16+/m0/s1. The van der Waals surface area contributed by atoms with Gasteiger partial charge in [-0.25, -0.2) is 4.98 Å². The van der Waals surface area contributed by atoms with Crippen LogP contribution in [0.4, 0.5) is 5.82 Å². The van der Waals surface area contributed by atoms with Crippen molar-refractivity contribution in [2.75, 3.05) is 18.0 Å². The Morgan fingerprint density at radius 3 is 2.76 bits per heavy atom. The van der Waals surface area contributed by atoms with E-state index in [1.165, 1.54) is 6.42 Å². The fourth-order valence-corrected chi connectivity index (χ4v) is 3.75. The second-order valence-corrected chi connectivity index (χ2v) is 6.78. The van der Waals surface area contributed by atoms with E-state index in [9.17, 15) is 9.90 Å². The van der Waals surface area contributed by atoms with Crippen LogP contribution >= 0.6 is 0 Å². The molecule has 0 aromatic carbocycles. The maximum Gasteiger partial charge on any atom is 0.255 e. The number of rotatable bonds is 4. The molecular formula is C18H23N5O2. The minimum absolute atomic E-state index is 0.128. The zero-order valence-electron chi connectivity index (χ0n) is 14.1. The predicted octanol–water partition coefficient (Wildman–Crippen LogP) is 1.37. The first-order valence-corrected chi connectivity index (χ1v) is 8.92. The summed E-state index contributed by atoms with van der Waals surface area (Å²) in [7, 11) is 0. The molecule has 2 aromatic rings. The number of amides is 1. The predicted molar refractivity (Wildman–Crippen MR) is 93.4 cm³/mol. The molecule has 7 nitrogen and oxygen atoms in total. The van der Waals surface area contributed by atoms with Crippen LogP contribution in [0.25, 0.3) is 0 Å². The van der Waals surface area contributed by atoms with Crippen molar-refractivity contribution < 1.29 is 9.90 Å². The van der Waals surface area contributed by atoms with Crippen molar-refractivity contribution in [3.8, 4) is 0 Å². The molecule has 1 amide bonds. The highest BCUT2D eigenvalue weighted by atomic mass is 16.3. The number of pyridine rings is 1. The van der Waals surface area contributed by atoms with E-state index in [0.29, 0.717) is 12.0 Å². The van der Waals surface area contributed by atoms with E-state index in [0.717, 1.165) is 31.7 Å². The van der Waals surface area contributed by atoms with E-state index in [1.54, 1.807) is 23.1 Å². The van der Waals surface area contributed by atoms with Crippen molar-refractivity contribution in [3.05, 3.63) is 42.4 Å². The Bertz CT molecular complexity index is 727. The third kappa shape index (κ3) is 3.11. The molecule has 7 heteroatoms. The van der Waals surface area contributed by atoms with E-state index >= 15 is 0 Å². The van der Waals surface area contributed by atoms with Crippen molar-refractivity contribution in [2.45, 2.75) is 43.9 Å². The lowest BCUT2D eigenvalue weighted by Gasteiger charge is -2.42. The van der Waals surface area contributed by atoms with Crippen LogP contribution in [-0.4, -0.2) is 51.0 Å². The number of hydrogen-bond acceptors (Lipinski definition) is 5. The number of anilines is 1. The number of piperidine rings is 1. The number of nitrogens with zero attached hydrogens (tertiary/aromatic N) is 4. The van der Waals surface area contributed by atoms with Crippen LogP contribution in [0.5, 0.6) is 0 Å². The second kappa shape index (κ2) is 6.84. The van der Waals surface area contributed by atoms with Crippen LogP contribution in [-0.2, 0) is 0 Å². The third-order valence-corrected chi connectivity index (χ3v) is 5.14. The topological polar surface area (TPSA) is 83.3 Å². The summed E-state index contributed by atoms with van der Waals surface area (Å²) in [6.07, 6.45) is 8.78. The molecule has 1 saturated heterocycles. The molecule has 2 aliphatic rings. The summed E-state index contributed by atoms with van der Waals surface area (Å²) in [6.45, 7) is 1.88. The number of aromatic nitrogens is 3. The van der Waals surface area contributed by atoms with E-state index < -0.39 is 6.10 Å². The first kappa shape index (κ1) is 16.1. The number of aliphatic hydroxyl groups excluding tert-OH is 1. The van der Waals surface area contributed by atoms with Crippen LogP contribution in [0.3, 0.4) is 0 Å². The molecule has 3 heterocycles. The van der Waals surface area contributed by atoms with Gasteiger partial charge in [-0.05, 0) is 43.9 Å². The van der Waals surface area contributed by atoms with Crippen molar-refractivity contribution >= 4 is 11.7 Å². The van der Waals surface area contributed by atoms with E-state index in [2.05, 4.69) is 20.3 Å². The van der Waals surface area contributed by atoms with Gasteiger partial charge in [0.05, 0.1) is 23.8 Å². The molecule has 0 bridgehead atoms. The smallest absolute Gasteiger partial charge is 0.255 e. The Morgan fingerprint density at radius 2 is 2.04 bits per heavy atom. The molecule has 2 fully saturated rings. The Balaban J connectivity index is 1.50. The van der Waals surface area contributed by atoms with E-state index in [1.807, 2.05) is 18.3 Å². The van der Waals surface area contributed by atoms with Gasteiger partial charge in [-0.15, -0.1) is 0 Å². The van der Waals surface area contributed by atoms with Gasteiger partial charge in [0.2, 0.25) is 0 Å². The summed E-state index contributed by atoms with van der Waals surface area (Å²) < 4.78 is 1.72. The largest absolute Gasteiger partial charge is 0.391 e. The van der Waals surface area contributed by atoms with Gasteiger partial charge in [0.25, 0.3) is 5.91 Å².